The molecule has 2 N–H and O–H groups in total. The van der Waals surface area contributed by atoms with E-state index in [-0.39, 0.29) is 0 Å². The molecule has 0 atom stereocenters. The van der Waals surface area contributed by atoms with Crippen LogP contribution in [-0.4, -0.2) is 17.9 Å². The number of rotatable bonds is 6. The predicted molar refractivity (Wildman–Crippen MR) is 107 cm³/mol. The van der Waals surface area contributed by atoms with Crippen LogP contribution in [0.4, 0.5) is 5.69 Å². The zero-order valence-corrected chi connectivity index (χ0v) is 14.6. The molecular formula is C22H21N3O. The first-order valence-electron chi connectivity index (χ1n) is 8.38. The third-order valence-electron chi connectivity index (χ3n) is 3.92. The van der Waals surface area contributed by atoms with E-state index in [0.717, 1.165) is 23.4 Å². The van der Waals surface area contributed by atoms with Crippen molar-refractivity contribution in [2.45, 2.75) is 6.42 Å². The second-order valence-corrected chi connectivity index (χ2v) is 5.88. The zero-order valence-electron chi connectivity index (χ0n) is 14.6. The molecule has 26 heavy (non-hydrogen) atoms. The molecule has 2 aromatic carbocycles. The summed E-state index contributed by atoms with van der Waals surface area (Å²) in [5.41, 5.74) is 4.34. The average molecular weight is 343 g/mol. The van der Waals surface area contributed by atoms with Crippen molar-refractivity contribution in [1.82, 2.24) is 4.98 Å². The minimum atomic E-state index is 0.328. The van der Waals surface area contributed by atoms with Crippen LogP contribution in [0.25, 0.3) is 6.08 Å². The highest BCUT2D eigenvalue weighted by Crippen LogP contribution is 2.15. The van der Waals surface area contributed by atoms with Gasteiger partial charge >= 0.3 is 0 Å². The number of hydrogen-bond acceptors (Lipinski definition) is 3. The van der Waals surface area contributed by atoms with E-state index in [4.69, 9.17) is 10.1 Å². The molecule has 0 fully saturated rings. The van der Waals surface area contributed by atoms with Gasteiger partial charge < -0.3 is 10.1 Å². The summed E-state index contributed by atoms with van der Waals surface area (Å²) in [6.07, 6.45) is 8.21. The van der Waals surface area contributed by atoms with Crippen molar-refractivity contribution in [3.63, 3.8) is 0 Å². The fourth-order valence-corrected chi connectivity index (χ4v) is 2.54. The van der Waals surface area contributed by atoms with E-state index >= 15 is 0 Å². The molecule has 4 nitrogen and oxygen atoms in total. The number of amidine groups is 1. The Morgan fingerprint density at radius 3 is 2.46 bits per heavy atom. The van der Waals surface area contributed by atoms with E-state index in [1.165, 1.54) is 11.1 Å². The summed E-state index contributed by atoms with van der Waals surface area (Å²) in [7, 11) is 1.63. The average Bonchev–Trinajstić information content (AvgIpc) is 2.69. The molecule has 0 aliphatic heterocycles. The van der Waals surface area contributed by atoms with Gasteiger partial charge in [-0.15, -0.1) is 0 Å². The number of nitrogens with one attached hydrogen (secondary N) is 2. The Balaban J connectivity index is 1.56. The van der Waals surface area contributed by atoms with E-state index in [1.807, 2.05) is 42.6 Å². The SMILES string of the molecule is COc1ccc(NC(=N)/C=C/c2ccc(Cc3cccnc3)cc2)cc1. The van der Waals surface area contributed by atoms with Crippen LogP contribution in [0.3, 0.4) is 0 Å². The highest BCUT2D eigenvalue weighted by Gasteiger charge is 1.98. The van der Waals surface area contributed by atoms with E-state index in [0.29, 0.717) is 5.84 Å². The molecule has 0 aliphatic rings. The molecular weight excluding hydrogens is 322 g/mol. The van der Waals surface area contributed by atoms with Gasteiger partial charge in [-0.05, 0) is 59.5 Å². The van der Waals surface area contributed by atoms with Gasteiger partial charge in [0.25, 0.3) is 0 Å². The van der Waals surface area contributed by atoms with Gasteiger partial charge in [-0.3, -0.25) is 10.4 Å². The van der Waals surface area contributed by atoms with Crippen molar-refractivity contribution in [2.24, 2.45) is 0 Å². The Morgan fingerprint density at radius 2 is 1.81 bits per heavy atom. The maximum absolute atomic E-state index is 8.03. The molecule has 0 saturated carbocycles. The predicted octanol–water partition coefficient (Wildman–Crippen LogP) is 4.78. The molecule has 130 valence electrons. The smallest absolute Gasteiger partial charge is 0.122 e. The summed E-state index contributed by atoms with van der Waals surface area (Å²) in [4.78, 5) is 4.14. The van der Waals surface area contributed by atoms with Gasteiger partial charge in [0.05, 0.1) is 7.11 Å². The van der Waals surface area contributed by atoms with Crippen LogP contribution in [0, 0.1) is 5.41 Å². The lowest BCUT2D eigenvalue weighted by atomic mass is 10.0. The number of methoxy groups -OCH3 is 1. The third-order valence-corrected chi connectivity index (χ3v) is 3.92. The Morgan fingerprint density at radius 1 is 1.04 bits per heavy atom. The Kier molecular flexibility index (Phi) is 5.78. The van der Waals surface area contributed by atoms with Crippen LogP contribution in [0.2, 0.25) is 0 Å². The van der Waals surface area contributed by atoms with Gasteiger partial charge in [-0.2, -0.15) is 0 Å². The van der Waals surface area contributed by atoms with Crippen LogP contribution >= 0.6 is 0 Å². The van der Waals surface area contributed by atoms with Crippen LogP contribution in [0.15, 0.2) is 79.1 Å². The van der Waals surface area contributed by atoms with Crippen LogP contribution in [-0.2, 0) is 6.42 Å². The first-order valence-corrected chi connectivity index (χ1v) is 8.38. The molecule has 0 spiro atoms. The summed E-state index contributed by atoms with van der Waals surface area (Å²) < 4.78 is 5.13. The maximum Gasteiger partial charge on any atom is 0.122 e. The minimum absolute atomic E-state index is 0.328. The van der Waals surface area contributed by atoms with Gasteiger partial charge in [0, 0.05) is 18.1 Å². The minimum Gasteiger partial charge on any atom is -0.497 e. The van der Waals surface area contributed by atoms with E-state index < -0.39 is 0 Å². The normalized spacial score (nSPS) is 10.7. The highest BCUT2D eigenvalue weighted by atomic mass is 16.5. The molecule has 0 saturated heterocycles. The van der Waals surface area contributed by atoms with Crippen molar-refractivity contribution in [3.05, 3.63) is 95.8 Å². The molecule has 0 bridgehead atoms. The standard InChI is InChI=1S/C22H21N3O/c1-26-21-11-9-20(10-12-21)25-22(23)13-8-17-4-6-18(7-5-17)15-19-3-2-14-24-16-19/h2-14,16H,15H2,1H3,(H2,23,25)/b13-8+. The maximum atomic E-state index is 8.03. The van der Waals surface area contributed by atoms with Crippen LogP contribution in [0.5, 0.6) is 5.75 Å². The van der Waals surface area contributed by atoms with Crippen molar-refractivity contribution in [2.75, 3.05) is 12.4 Å². The second-order valence-electron chi connectivity index (χ2n) is 5.88. The van der Waals surface area contributed by atoms with Gasteiger partial charge in [-0.1, -0.05) is 36.4 Å². The fourth-order valence-electron chi connectivity index (χ4n) is 2.54. The highest BCUT2D eigenvalue weighted by molar-refractivity contribution is 6.03. The van der Waals surface area contributed by atoms with Gasteiger partial charge in [0.15, 0.2) is 0 Å². The Hall–Kier alpha value is -3.40. The van der Waals surface area contributed by atoms with Gasteiger partial charge in [-0.25, -0.2) is 0 Å². The quantitative estimate of drug-likeness (QED) is 0.500. The number of ether oxygens (including phenoxy) is 1. The van der Waals surface area contributed by atoms with E-state index in [1.54, 1.807) is 19.4 Å². The molecule has 0 amide bonds. The molecule has 1 heterocycles. The lowest BCUT2D eigenvalue weighted by Crippen LogP contribution is -2.06. The molecule has 3 aromatic rings. The number of pyridine rings is 1. The number of nitrogens with zero attached hydrogens (tertiary/aromatic N) is 1. The number of aromatic nitrogens is 1. The lowest BCUT2D eigenvalue weighted by Gasteiger charge is -2.06. The van der Waals surface area contributed by atoms with Crippen molar-refractivity contribution in [3.8, 4) is 5.75 Å². The van der Waals surface area contributed by atoms with E-state index in [9.17, 15) is 0 Å². The second kappa shape index (κ2) is 8.62. The van der Waals surface area contributed by atoms with Crippen molar-refractivity contribution in [1.29, 1.82) is 5.41 Å². The number of benzene rings is 2. The van der Waals surface area contributed by atoms with E-state index in [2.05, 4.69) is 40.6 Å². The lowest BCUT2D eigenvalue weighted by molar-refractivity contribution is 0.415. The summed E-state index contributed by atoms with van der Waals surface area (Å²) in [6.45, 7) is 0. The molecule has 3 rings (SSSR count). The fraction of sp³-hybridized carbons (Fsp3) is 0.0909. The Labute approximate surface area is 153 Å². The topological polar surface area (TPSA) is 58.0 Å². The zero-order chi connectivity index (χ0) is 18.2. The largest absolute Gasteiger partial charge is 0.497 e. The summed E-state index contributed by atoms with van der Waals surface area (Å²) in [5, 5.41) is 11.1. The number of hydrogen-bond donors (Lipinski definition) is 2. The first-order chi connectivity index (χ1) is 12.7. The van der Waals surface area contributed by atoms with Crippen LogP contribution in [0.1, 0.15) is 16.7 Å². The van der Waals surface area contributed by atoms with Crippen LogP contribution < -0.4 is 10.1 Å². The molecule has 1 aromatic heterocycles. The van der Waals surface area contributed by atoms with Gasteiger partial charge in [0.1, 0.15) is 11.6 Å². The van der Waals surface area contributed by atoms with Crippen molar-refractivity contribution >= 4 is 17.6 Å². The number of anilines is 1. The molecule has 4 heteroatoms. The molecule has 0 unspecified atom stereocenters. The summed E-state index contributed by atoms with van der Waals surface area (Å²) in [6, 6.07) is 19.8. The Bertz CT molecular complexity index is 870. The molecule has 0 radical (unpaired) electrons. The monoisotopic (exact) mass is 343 g/mol. The van der Waals surface area contributed by atoms with Crippen molar-refractivity contribution < 1.29 is 4.74 Å². The molecule has 0 aliphatic carbocycles. The first kappa shape index (κ1) is 17.4. The van der Waals surface area contributed by atoms with Gasteiger partial charge in [0.2, 0.25) is 0 Å². The third kappa shape index (κ3) is 5.05. The summed E-state index contributed by atoms with van der Waals surface area (Å²) >= 11 is 0. The summed E-state index contributed by atoms with van der Waals surface area (Å²) in [5.74, 6) is 1.12.